The number of hydrogen-bond acceptors (Lipinski definition) is 4. The number of hydrogen-bond donors (Lipinski definition) is 2. The second-order valence-electron chi connectivity index (χ2n) is 5.24. The van der Waals surface area contributed by atoms with Gasteiger partial charge in [-0.3, -0.25) is 4.90 Å². The molecule has 2 atom stereocenters. The quantitative estimate of drug-likeness (QED) is 0.425. The van der Waals surface area contributed by atoms with Crippen LogP contribution in [0, 0.1) is 0 Å². The van der Waals surface area contributed by atoms with Crippen molar-refractivity contribution in [1.82, 2.24) is 4.90 Å². The number of ether oxygens (including phenoxy) is 1. The number of rotatable bonds is 7. The highest BCUT2D eigenvalue weighted by molar-refractivity contribution is 6.19. The van der Waals surface area contributed by atoms with E-state index in [0.717, 1.165) is 25.1 Å². The van der Waals surface area contributed by atoms with Crippen molar-refractivity contribution in [1.29, 1.82) is 0 Å². The molecule has 25 heavy (non-hydrogen) atoms. The SMILES string of the molecule is C=C(C)C(=O)O.CCC(N)N(CC)CC.COC(Cl)c1ccccc1. The molecular weight excluding hydrogens is 340 g/mol. The summed E-state index contributed by atoms with van der Waals surface area (Å²) in [5.41, 5.74) is 6.61. The average Bonchev–Trinajstić information content (AvgIpc) is 2.63. The smallest absolute Gasteiger partial charge is 0.330 e. The summed E-state index contributed by atoms with van der Waals surface area (Å²) in [5, 5.41) is 7.89. The van der Waals surface area contributed by atoms with Gasteiger partial charge in [-0.05, 0) is 32.0 Å². The Balaban J connectivity index is 0. The summed E-state index contributed by atoms with van der Waals surface area (Å²) in [6.45, 7) is 13.1. The van der Waals surface area contributed by atoms with E-state index in [1.165, 1.54) is 6.92 Å². The fourth-order valence-corrected chi connectivity index (χ4v) is 1.84. The maximum absolute atomic E-state index is 9.60. The van der Waals surface area contributed by atoms with Crippen LogP contribution in [0.2, 0.25) is 0 Å². The molecule has 0 fully saturated rings. The van der Waals surface area contributed by atoms with Crippen LogP contribution in [0.25, 0.3) is 0 Å². The molecule has 0 radical (unpaired) electrons. The molecule has 0 bridgehead atoms. The van der Waals surface area contributed by atoms with E-state index in [-0.39, 0.29) is 17.3 Å². The predicted molar refractivity (Wildman–Crippen MR) is 106 cm³/mol. The first-order valence-corrected chi connectivity index (χ1v) is 8.78. The van der Waals surface area contributed by atoms with Crippen LogP contribution in [0.3, 0.4) is 0 Å². The van der Waals surface area contributed by atoms with Crippen LogP contribution in [0.15, 0.2) is 42.5 Å². The highest BCUT2D eigenvalue weighted by Gasteiger charge is 2.05. The number of carboxylic acid groups (broad SMARTS) is 1. The van der Waals surface area contributed by atoms with Crippen molar-refractivity contribution >= 4 is 17.6 Å². The lowest BCUT2D eigenvalue weighted by Gasteiger charge is -2.24. The lowest BCUT2D eigenvalue weighted by atomic mass is 10.2. The van der Waals surface area contributed by atoms with Crippen LogP contribution in [-0.2, 0) is 9.53 Å². The van der Waals surface area contributed by atoms with Crippen LogP contribution in [0.4, 0.5) is 0 Å². The van der Waals surface area contributed by atoms with E-state index in [1.807, 2.05) is 30.3 Å². The van der Waals surface area contributed by atoms with Crippen LogP contribution >= 0.6 is 11.6 Å². The highest BCUT2D eigenvalue weighted by atomic mass is 35.5. The molecule has 2 unspecified atom stereocenters. The summed E-state index contributed by atoms with van der Waals surface area (Å²) in [6, 6.07) is 9.68. The molecule has 0 heterocycles. The molecule has 0 aliphatic carbocycles. The molecule has 1 rings (SSSR count). The first-order chi connectivity index (χ1) is 11.7. The Labute approximate surface area is 157 Å². The van der Waals surface area contributed by atoms with E-state index < -0.39 is 5.97 Å². The molecule has 0 saturated heterocycles. The van der Waals surface area contributed by atoms with Gasteiger partial charge in [0, 0.05) is 12.7 Å². The fraction of sp³-hybridized carbons (Fsp3) is 0.526. The van der Waals surface area contributed by atoms with Crippen molar-refractivity contribution in [3.63, 3.8) is 0 Å². The van der Waals surface area contributed by atoms with Crippen molar-refractivity contribution < 1.29 is 14.6 Å². The van der Waals surface area contributed by atoms with Gasteiger partial charge < -0.3 is 15.6 Å². The minimum absolute atomic E-state index is 0.176. The molecule has 5 nitrogen and oxygen atoms in total. The van der Waals surface area contributed by atoms with Crippen LogP contribution in [0.1, 0.15) is 45.2 Å². The Kier molecular flexibility index (Phi) is 16.6. The Hall–Kier alpha value is -1.40. The Morgan fingerprint density at radius 2 is 1.72 bits per heavy atom. The largest absolute Gasteiger partial charge is 0.478 e. The number of nitrogens with zero attached hydrogens (tertiary/aromatic N) is 1. The number of carbonyl (C=O) groups is 1. The number of nitrogens with two attached hydrogens (primary N) is 1. The molecule has 1 aromatic rings. The van der Waals surface area contributed by atoms with Crippen LogP contribution < -0.4 is 5.73 Å². The number of benzene rings is 1. The standard InChI is InChI=1S/C8H9ClO.C7H18N2.C4H6O2/c1-10-8(9)7-5-3-2-4-6-7;1-4-7(8)9(5-2)6-3;1-3(2)4(5)6/h2-6,8H,1H3;7H,4-6,8H2,1-3H3;1H2,2H3,(H,5,6). The number of carboxylic acids is 1. The van der Waals surface area contributed by atoms with E-state index in [9.17, 15) is 4.79 Å². The topological polar surface area (TPSA) is 75.8 Å². The number of aliphatic carboxylic acids is 1. The zero-order valence-electron chi connectivity index (χ0n) is 16.0. The van der Waals surface area contributed by atoms with Crippen LogP contribution in [0.5, 0.6) is 0 Å². The van der Waals surface area contributed by atoms with Crippen molar-refractivity contribution in [2.45, 2.75) is 45.8 Å². The van der Waals surface area contributed by atoms with Gasteiger partial charge in [0.15, 0.2) is 5.56 Å². The van der Waals surface area contributed by atoms with Gasteiger partial charge in [0.2, 0.25) is 0 Å². The summed E-state index contributed by atoms with van der Waals surface area (Å²) in [6.07, 6.45) is 1.31. The van der Waals surface area contributed by atoms with E-state index >= 15 is 0 Å². The van der Waals surface area contributed by atoms with Crippen LogP contribution in [-0.4, -0.2) is 42.3 Å². The van der Waals surface area contributed by atoms with E-state index in [4.69, 9.17) is 27.2 Å². The zero-order valence-corrected chi connectivity index (χ0v) is 16.8. The summed E-state index contributed by atoms with van der Waals surface area (Å²) in [7, 11) is 1.59. The Bertz CT molecular complexity index is 453. The van der Waals surface area contributed by atoms with Gasteiger partial charge in [-0.25, -0.2) is 4.79 Å². The molecule has 0 aromatic heterocycles. The monoisotopic (exact) mass is 372 g/mol. The summed E-state index contributed by atoms with van der Waals surface area (Å²) >= 11 is 5.77. The molecular formula is C19H33ClN2O3. The summed E-state index contributed by atoms with van der Waals surface area (Å²) < 4.78 is 4.90. The lowest BCUT2D eigenvalue weighted by molar-refractivity contribution is -0.132. The molecule has 0 amide bonds. The highest BCUT2D eigenvalue weighted by Crippen LogP contribution is 2.19. The van der Waals surface area contributed by atoms with Gasteiger partial charge in [-0.2, -0.15) is 0 Å². The molecule has 0 saturated carbocycles. The van der Waals surface area contributed by atoms with Gasteiger partial charge >= 0.3 is 5.97 Å². The lowest BCUT2D eigenvalue weighted by Crippen LogP contribution is -2.41. The number of methoxy groups -OCH3 is 1. The van der Waals surface area contributed by atoms with Gasteiger partial charge in [0.25, 0.3) is 0 Å². The third-order valence-electron chi connectivity index (χ3n) is 3.33. The molecule has 3 N–H and O–H groups in total. The molecule has 6 heteroatoms. The van der Waals surface area contributed by atoms with Crippen molar-refractivity contribution in [3.05, 3.63) is 48.0 Å². The Morgan fingerprint density at radius 3 is 1.96 bits per heavy atom. The third-order valence-corrected chi connectivity index (χ3v) is 3.76. The third kappa shape index (κ3) is 13.6. The summed E-state index contributed by atoms with van der Waals surface area (Å²) in [4.78, 5) is 11.8. The minimum Gasteiger partial charge on any atom is -0.478 e. The number of alkyl halides is 1. The minimum atomic E-state index is -0.935. The summed E-state index contributed by atoms with van der Waals surface area (Å²) in [5.74, 6) is -0.935. The van der Waals surface area contributed by atoms with Crippen molar-refractivity contribution in [3.8, 4) is 0 Å². The second-order valence-corrected chi connectivity index (χ2v) is 5.64. The first-order valence-electron chi connectivity index (χ1n) is 8.35. The fourth-order valence-electron chi connectivity index (χ4n) is 1.69. The molecule has 0 aliphatic rings. The molecule has 0 spiro atoms. The Morgan fingerprint density at radius 1 is 1.28 bits per heavy atom. The number of halogens is 1. The maximum atomic E-state index is 9.60. The second kappa shape index (κ2) is 16.1. The molecule has 144 valence electrons. The van der Waals surface area contributed by atoms with E-state index in [2.05, 4.69) is 32.3 Å². The van der Waals surface area contributed by atoms with E-state index in [1.54, 1.807) is 7.11 Å². The van der Waals surface area contributed by atoms with Gasteiger partial charge in [0.1, 0.15) is 0 Å². The predicted octanol–water partition coefficient (Wildman–Crippen LogP) is 4.24. The van der Waals surface area contributed by atoms with Crippen molar-refractivity contribution in [2.24, 2.45) is 5.73 Å². The van der Waals surface area contributed by atoms with E-state index in [0.29, 0.717) is 0 Å². The van der Waals surface area contributed by atoms with Crippen molar-refractivity contribution in [2.75, 3.05) is 20.2 Å². The average molecular weight is 373 g/mol. The maximum Gasteiger partial charge on any atom is 0.330 e. The molecule has 0 aliphatic heterocycles. The van der Waals surface area contributed by atoms with Gasteiger partial charge in [-0.15, -0.1) is 0 Å². The first kappa shape index (κ1) is 25.8. The molecule has 1 aromatic carbocycles. The zero-order chi connectivity index (χ0) is 19.8. The normalized spacial score (nSPS) is 12.2. The van der Waals surface area contributed by atoms with Gasteiger partial charge in [0.05, 0.1) is 6.17 Å². The van der Waals surface area contributed by atoms with Gasteiger partial charge in [-0.1, -0.05) is 69.3 Å².